The summed E-state index contributed by atoms with van der Waals surface area (Å²) in [5, 5.41) is 10.1. The van der Waals surface area contributed by atoms with Gasteiger partial charge in [-0.05, 0) is 13.0 Å². The molecule has 1 aliphatic heterocycles. The molecule has 2 rings (SSSR count). The molecule has 6 nitrogen and oxygen atoms in total. The molecule has 2 N–H and O–H groups in total. The molecule has 0 saturated carbocycles. The maximum Gasteiger partial charge on any atom is 0.244 e. The molecule has 1 aromatic rings. The number of carbonyl (C=O) groups excluding carboxylic acids is 1. The van der Waals surface area contributed by atoms with E-state index >= 15 is 0 Å². The molecule has 1 aliphatic rings. The third-order valence-corrected chi connectivity index (χ3v) is 2.81. The van der Waals surface area contributed by atoms with Crippen LogP contribution in [0.2, 0.25) is 0 Å². The van der Waals surface area contributed by atoms with Crippen LogP contribution in [-0.2, 0) is 9.53 Å². The predicted octanol–water partition coefficient (Wildman–Crippen LogP) is -0.451. The average Bonchev–Trinajstić information content (AvgIpc) is 2.90. The largest absolute Gasteiger partial charge is 0.374 e. The fourth-order valence-corrected chi connectivity index (χ4v) is 1.74. The number of ether oxygens (including phenoxy) is 1. The van der Waals surface area contributed by atoms with Crippen molar-refractivity contribution in [2.24, 2.45) is 0 Å². The van der Waals surface area contributed by atoms with E-state index in [0.717, 1.165) is 13.1 Å². The van der Waals surface area contributed by atoms with Crippen LogP contribution in [0.1, 0.15) is 13.0 Å². The van der Waals surface area contributed by atoms with Crippen molar-refractivity contribution in [2.75, 3.05) is 26.2 Å². The van der Waals surface area contributed by atoms with Gasteiger partial charge in [0.25, 0.3) is 0 Å². The van der Waals surface area contributed by atoms with Crippen molar-refractivity contribution < 1.29 is 9.53 Å². The van der Waals surface area contributed by atoms with E-state index in [9.17, 15) is 4.79 Å². The highest BCUT2D eigenvalue weighted by Gasteiger charge is 2.18. The van der Waals surface area contributed by atoms with Gasteiger partial charge in [-0.2, -0.15) is 5.10 Å². The summed E-state index contributed by atoms with van der Waals surface area (Å²) in [5.74, 6) is -0.0390. The molecular formula is C11H18N4O2. The van der Waals surface area contributed by atoms with Gasteiger partial charge < -0.3 is 15.4 Å². The first-order valence-electron chi connectivity index (χ1n) is 5.86. The number of morpholine rings is 1. The van der Waals surface area contributed by atoms with Gasteiger partial charge in [0.2, 0.25) is 5.91 Å². The van der Waals surface area contributed by atoms with Crippen molar-refractivity contribution in [3.8, 4) is 0 Å². The van der Waals surface area contributed by atoms with Crippen molar-refractivity contribution in [3.05, 3.63) is 18.5 Å². The second-order valence-corrected chi connectivity index (χ2v) is 4.10. The molecule has 1 amide bonds. The fourth-order valence-electron chi connectivity index (χ4n) is 1.74. The molecule has 1 fully saturated rings. The van der Waals surface area contributed by atoms with E-state index in [1.165, 1.54) is 0 Å². The van der Waals surface area contributed by atoms with Gasteiger partial charge in [-0.1, -0.05) is 0 Å². The van der Waals surface area contributed by atoms with Gasteiger partial charge >= 0.3 is 0 Å². The highest BCUT2D eigenvalue weighted by Crippen LogP contribution is 2.03. The third kappa shape index (κ3) is 3.28. The van der Waals surface area contributed by atoms with Crippen LogP contribution in [0, 0.1) is 0 Å². The first-order valence-corrected chi connectivity index (χ1v) is 5.86. The number of rotatable bonds is 4. The molecule has 1 saturated heterocycles. The number of hydrogen-bond donors (Lipinski definition) is 2. The lowest BCUT2D eigenvalue weighted by Gasteiger charge is -2.24. The molecular weight excluding hydrogens is 220 g/mol. The number of amides is 1. The maximum absolute atomic E-state index is 11.8. The van der Waals surface area contributed by atoms with E-state index in [2.05, 4.69) is 15.7 Å². The molecule has 1 aromatic heterocycles. The molecule has 2 unspecified atom stereocenters. The summed E-state index contributed by atoms with van der Waals surface area (Å²) in [6, 6.07) is 1.51. The minimum atomic E-state index is -0.290. The van der Waals surface area contributed by atoms with E-state index < -0.39 is 0 Å². The first kappa shape index (κ1) is 12.1. The number of aromatic nitrogens is 2. The predicted molar refractivity (Wildman–Crippen MR) is 62.6 cm³/mol. The summed E-state index contributed by atoms with van der Waals surface area (Å²) >= 11 is 0. The van der Waals surface area contributed by atoms with Crippen molar-refractivity contribution in [2.45, 2.75) is 19.1 Å². The van der Waals surface area contributed by atoms with E-state index in [4.69, 9.17) is 4.74 Å². The number of hydrogen-bond acceptors (Lipinski definition) is 4. The standard InChI is InChI=1S/C11H18N4O2/c1-9(15-5-2-3-14-15)11(16)13-8-10-7-12-4-6-17-10/h2-3,5,9-10,12H,4,6-8H2,1H3,(H,13,16). The van der Waals surface area contributed by atoms with E-state index in [0.29, 0.717) is 13.2 Å². The van der Waals surface area contributed by atoms with Crippen molar-refractivity contribution in [1.82, 2.24) is 20.4 Å². The van der Waals surface area contributed by atoms with Gasteiger partial charge in [0.05, 0.1) is 12.7 Å². The Balaban J connectivity index is 1.76. The molecule has 17 heavy (non-hydrogen) atoms. The smallest absolute Gasteiger partial charge is 0.244 e. The molecule has 2 heterocycles. The first-order chi connectivity index (χ1) is 8.27. The van der Waals surface area contributed by atoms with Gasteiger partial charge in [0.15, 0.2) is 0 Å². The third-order valence-electron chi connectivity index (χ3n) is 2.81. The molecule has 0 bridgehead atoms. The second kappa shape index (κ2) is 5.79. The summed E-state index contributed by atoms with van der Waals surface area (Å²) in [7, 11) is 0. The minimum Gasteiger partial charge on any atom is -0.374 e. The van der Waals surface area contributed by atoms with Crippen LogP contribution in [0.25, 0.3) is 0 Å². The molecule has 0 radical (unpaired) electrons. The number of carbonyl (C=O) groups is 1. The summed E-state index contributed by atoms with van der Waals surface area (Å²) in [4.78, 5) is 11.8. The normalized spacial score (nSPS) is 22.1. The molecule has 6 heteroatoms. The summed E-state index contributed by atoms with van der Waals surface area (Å²) in [5.41, 5.74) is 0. The number of nitrogens with one attached hydrogen (secondary N) is 2. The van der Waals surface area contributed by atoms with Gasteiger partial charge in [0.1, 0.15) is 6.04 Å². The lowest BCUT2D eigenvalue weighted by atomic mass is 10.2. The van der Waals surface area contributed by atoms with Crippen LogP contribution < -0.4 is 10.6 Å². The van der Waals surface area contributed by atoms with Crippen LogP contribution in [0.5, 0.6) is 0 Å². The Morgan fingerprint density at radius 1 is 1.76 bits per heavy atom. The summed E-state index contributed by atoms with van der Waals surface area (Å²) in [6.45, 7) is 4.74. The fraction of sp³-hybridized carbons (Fsp3) is 0.636. The Morgan fingerprint density at radius 3 is 3.29 bits per heavy atom. The Bertz CT molecular complexity index is 346. The van der Waals surface area contributed by atoms with Crippen molar-refractivity contribution >= 4 is 5.91 Å². The van der Waals surface area contributed by atoms with Crippen LogP contribution in [-0.4, -0.2) is 48.0 Å². The van der Waals surface area contributed by atoms with Gasteiger partial charge in [-0.15, -0.1) is 0 Å². The SMILES string of the molecule is CC(C(=O)NCC1CNCCO1)n1cccn1. The lowest BCUT2D eigenvalue weighted by Crippen LogP contribution is -2.46. The molecule has 0 spiro atoms. The van der Waals surface area contributed by atoms with Crippen LogP contribution in [0.3, 0.4) is 0 Å². The van der Waals surface area contributed by atoms with Crippen molar-refractivity contribution in [3.63, 3.8) is 0 Å². The summed E-state index contributed by atoms with van der Waals surface area (Å²) in [6.07, 6.45) is 3.51. The monoisotopic (exact) mass is 238 g/mol. The van der Waals surface area contributed by atoms with Crippen LogP contribution in [0.4, 0.5) is 0 Å². The molecule has 94 valence electrons. The highest BCUT2D eigenvalue weighted by molar-refractivity contribution is 5.79. The quantitative estimate of drug-likeness (QED) is 0.745. The van der Waals surface area contributed by atoms with Crippen molar-refractivity contribution in [1.29, 1.82) is 0 Å². The molecule has 2 atom stereocenters. The van der Waals surface area contributed by atoms with E-state index in [1.807, 2.05) is 6.92 Å². The Labute approximate surface area is 100 Å². The summed E-state index contributed by atoms with van der Waals surface area (Å²) < 4.78 is 7.13. The number of nitrogens with zero attached hydrogens (tertiary/aromatic N) is 2. The highest BCUT2D eigenvalue weighted by atomic mass is 16.5. The second-order valence-electron chi connectivity index (χ2n) is 4.10. The molecule has 0 aliphatic carbocycles. The van der Waals surface area contributed by atoms with Crippen LogP contribution >= 0.6 is 0 Å². The lowest BCUT2D eigenvalue weighted by molar-refractivity contribution is -0.124. The van der Waals surface area contributed by atoms with Gasteiger partial charge in [0, 0.05) is 32.0 Å². The molecule has 0 aromatic carbocycles. The van der Waals surface area contributed by atoms with E-state index in [1.54, 1.807) is 23.1 Å². The minimum absolute atomic E-state index is 0.0390. The maximum atomic E-state index is 11.8. The Kier molecular flexibility index (Phi) is 4.11. The van der Waals surface area contributed by atoms with Crippen LogP contribution in [0.15, 0.2) is 18.5 Å². The van der Waals surface area contributed by atoms with Gasteiger partial charge in [-0.25, -0.2) is 0 Å². The zero-order valence-electron chi connectivity index (χ0n) is 9.93. The zero-order valence-corrected chi connectivity index (χ0v) is 9.93. The van der Waals surface area contributed by atoms with Gasteiger partial charge in [-0.3, -0.25) is 9.48 Å². The Hall–Kier alpha value is -1.40. The topological polar surface area (TPSA) is 68.2 Å². The average molecular weight is 238 g/mol. The van der Waals surface area contributed by atoms with E-state index in [-0.39, 0.29) is 18.1 Å². The zero-order chi connectivity index (χ0) is 12.1. The Morgan fingerprint density at radius 2 is 2.65 bits per heavy atom.